The SMILES string of the molecule is CCNC(c1c(Br)cnn1C)C1OCCc2ccccc21. The number of hydrogen-bond donors (Lipinski definition) is 1. The first-order valence-electron chi connectivity index (χ1n) is 7.32. The minimum atomic E-state index is 0.0154. The van der Waals surface area contributed by atoms with Gasteiger partial charge >= 0.3 is 0 Å². The van der Waals surface area contributed by atoms with Crippen LogP contribution in [0, 0.1) is 0 Å². The second kappa shape index (κ2) is 6.30. The Balaban J connectivity index is 2.03. The highest BCUT2D eigenvalue weighted by atomic mass is 79.9. The Kier molecular flexibility index (Phi) is 4.42. The molecule has 2 unspecified atom stereocenters. The zero-order valence-corrected chi connectivity index (χ0v) is 13.9. The van der Waals surface area contributed by atoms with Gasteiger partial charge in [0, 0.05) is 7.05 Å². The summed E-state index contributed by atoms with van der Waals surface area (Å²) in [7, 11) is 1.97. The van der Waals surface area contributed by atoms with Crippen LogP contribution in [0.25, 0.3) is 0 Å². The first-order valence-corrected chi connectivity index (χ1v) is 8.11. The maximum Gasteiger partial charge on any atom is 0.104 e. The molecule has 1 N–H and O–H groups in total. The van der Waals surface area contributed by atoms with Gasteiger partial charge in [0.15, 0.2) is 0 Å². The van der Waals surface area contributed by atoms with Gasteiger partial charge in [0.05, 0.1) is 29.0 Å². The quantitative estimate of drug-likeness (QED) is 0.921. The molecular formula is C16H20BrN3O. The maximum atomic E-state index is 6.13. The molecule has 0 aliphatic carbocycles. The summed E-state index contributed by atoms with van der Waals surface area (Å²) >= 11 is 3.62. The molecule has 0 saturated heterocycles. The monoisotopic (exact) mass is 349 g/mol. The lowest BCUT2D eigenvalue weighted by Gasteiger charge is -2.33. The fourth-order valence-corrected chi connectivity index (χ4v) is 3.63. The Morgan fingerprint density at radius 3 is 3.00 bits per heavy atom. The molecule has 0 radical (unpaired) electrons. The van der Waals surface area contributed by atoms with Crippen molar-refractivity contribution >= 4 is 15.9 Å². The lowest BCUT2D eigenvalue weighted by molar-refractivity contribution is 0.0130. The number of hydrogen-bond acceptors (Lipinski definition) is 3. The molecule has 2 heterocycles. The zero-order valence-electron chi connectivity index (χ0n) is 12.3. The summed E-state index contributed by atoms with van der Waals surface area (Å²) in [6.07, 6.45) is 2.84. The molecule has 0 saturated carbocycles. The van der Waals surface area contributed by atoms with Gasteiger partial charge in [-0.15, -0.1) is 0 Å². The molecule has 1 aliphatic heterocycles. The number of fused-ring (bicyclic) bond motifs is 1. The van der Waals surface area contributed by atoms with E-state index in [4.69, 9.17) is 4.74 Å². The Morgan fingerprint density at radius 2 is 2.29 bits per heavy atom. The van der Waals surface area contributed by atoms with Crippen molar-refractivity contribution in [1.29, 1.82) is 0 Å². The molecule has 1 aliphatic rings. The third-order valence-electron chi connectivity index (χ3n) is 3.99. The Labute approximate surface area is 133 Å². The second-order valence-corrected chi connectivity index (χ2v) is 6.13. The van der Waals surface area contributed by atoms with E-state index in [9.17, 15) is 0 Å². The van der Waals surface area contributed by atoms with Crippen LogP contribution in [-0.2, 0) is 18.2 Å². The van der Waals surface area contributed by atoms with Gasteiger partial charge in [0.2, 0.25) is 0 Å². The number of aromatic nitrogens is 2. The molecule has 2 atom stereocenters. The van der Waals surface area contributed by atoms with Crippen molar-refractivity contribution in [3.05, 3.63) is 51.8 Å². The molecule has 3 rings (SSSR count). The molecule has 0 spiro atoms. The van der Waals surface area contributed by atoms with Crippen LogP contribution < -0.4 is 5.32 Å². The van der Waals surface area contributed by atoms with E-state index in [0.29, 0.717) is 0 Å². The van der Waals surface area contributed by atoms with Gasteiger partial charge < -0.3 is 10.1 Å². The standard InChI is InChI=1S/C16H20BrN3O/c1-3-18-14(15-13(17)10-19-20(15)2)16-12-7-5-4-6-11(12)8-9-21-16/h4-7,10,14,16,18H,3,8-9H2,1-2H3. The number of likely N-dealkylation sites (N-methyl/N-ethyl adjacent to an activating group) is 1. The average molecular weight is 350 g/mol. The number of aryl methyl sites for hydroxylation is 1. The van der Waals surface area contributed by atoms with Gasteiger partial charge in [-0.1, -0.05) is 31.2 Å². The number of nitrogens with zero attached hydrogens (tertiary/aromatic N) is 2. The van der Waals surface area contributed by atoms with E-state index in [1.165, 1.54) is 11.1 Å². The van der Waals surface area contributed by atoms with Crippen molar-refractivity contribution in [2.75, 3.05) is 13.2 Å². The fraction of sp³-hybridized carbons (Fsp3) is 0.438. The lowest BCUT2D eigenvalue weighted by atomic mass is 9.91. The van der Waals surface area contributed by atoms with E-state index in [1.54, 1.807) is 0 Å². The summed E-state index contributed by atoms with van der Waals surface area (Å²) in [5.41, 5.74) is 3.79. The summed E-state index contributed by atoms with van der Waals surface area (Å²) in [5, 5.41) is 7.91. The molecule has 0 amide bonds. The molecule has 0 fully saturated rings. The van der Waals surface area contributed by atoms with Crippen molar-refractivity contribution in [2.24, 2.45) is 7.05 Å². The van der Waals surface area contributed by atoms with E-state index in [0.717, 1.165) is 29.7 Å². The highest BCUT2D eigenvalue weighted by Gasteiger charge is 2.32. The first-order chi connectivity index (χ1) is 10.2. The van der Waals surface area contributed by atoms with Crippen LogP contribution in [0.5, 0.6) is 0 Å². The van der Waals surface area contributed by atoms with Gasteiger partial charge in [0.1, 0.15) is 6.10 Å². The molecule has 0 bridgehead atoms. The fourth-order valence-electron chi connectivity index (χ4n) is 3.04. The molecule has 2 aromatic rings. The van der Waals surface area contributed by atoms with Gasteiger partial charge in [0.25, 0.3) is 0 Å². The molecule has 112 valence electrons. The number of ether oxygens (including phenoxy) is 1. The smallest absolute Gasteiger partial charge is 0.104 e. The lowest BCUT2D eigenvalue weighted by Crippen LogP contribution is -2.33. The van der Waals surface area contributed by atoms with Crippen LogP contribution >= 0.6 is 15.9 Å². The van der Waals surface area contributed by atoms with Gasteiger partial charge in [-0.3, -0.25) is 4.68 Å². The molecule has 21 heavy (non-hydrogen) atoms. The third-order valence-corrected chi connectivity index (χ3v) is 4.60. The van der Waals surface area contributed by atoms with Gasteiger partial charge in [-0.05, 0) is 40.0 Å². The Morgan fingerprint density at radius 1 is 1.48 bits per heavy atom. The van der Waals surface area contributed by atoms with Crippen LogP contribution in [0.2, 0.25) is 0 Å². The second-order valence-electron chi connectivity index (χ2n) is 5.28. The minimum Gasteiger partial charge on any atom is -0.371 e. The number of halogens is 1. The average Bonchev–Trinajstić information content (AvgIpc) is 2.84. The molecule has 5 heteroatoms. The number of nitrogens with one attached hydrogen (secondary N) is 1. The predicted molar refractivity (Wildman–Crippen MR) is 86.2 cm³/mol. The highest BCUT2D eigenvalue weighted by Crippen LogP contribution is 2.38. The molecule has 1 aromatic heterocycles. The van der Waals surface area contributed by atoms with Crippen molar-refractivity contribution in [1.82, 2.24) is 15.1 Å². The van der Waals surface area contributed by atoms with E-state index in [1.807, 2.05) is 17.9 Å². The van der Waals surface area contributed by atoms with E-state index in [-0.39, 0.29) is 12.1 Å². The number of benzene rings is 1. The first kappa shape index (κ1) is 14.8. The van der Waals surface area contributed by atoms with E-state index < -0.39 is 0 Å². The van der Waals surface area contributed by atoms with Gasteiger partial charge in [-0.2, -0.15) is 5.10 Å². The summed E-state index contributed by atoms with van der Waals surface area (Å²) in [4.78, 5) is 0. The van der Waals surface area contributed by atoms with Crippen LogP contribution in [0.3, 0.4) is 0 Å². The van der Waals surface area contributed by atoms with Crippen molar-refractivity contribution < 1.29 is 4.74 Å². The Hall–Kier alpha value is -1.17. The normalized spacial score (nSPS) is 19.3. The van der Waals surface area contributed by atoms with Crippen molar-refractivity contribution in [2.45, 2.75) is 25.5 Å². The molecule has 4 nitrogen and oxygen atoms in total. The topological polar surface area (TPSA) is 39.1 Å². The number of rotatable bonds is 4. The minimum absolute atomic E-state index is 0.0154. The van der Waals surface area contributed by atoms with Crippen LogP contribution in [0.4, 0.5) is 0 Å². The van der Waals surface area contributed by atoms with E-state index >= 15 is 0 Å². The summed E-state index contributed by atoms with van der Waals surface area (Å²) in [6, 6.07) is 8.64. The van der Waals surface area contributed by atoms with Crippen LogP contribution in [0.15, 0.2) is 34.9 Å². The zero-order chi connectivity index (χ0) is 14.8. The Bertz CT molecular complexity index is 606. The van der Waals surface area contributed by atoms with Crippen LogP contribution in [-0.4, -0.2) is 22.9 Å². The van der Waals surface area contributed by atoms with Gasteiger partial charge in [-0.25, -0.2) is 0 Å². The summed E-state index contributed by atoms with van der Waals surface area (Å²) < 4.78 is 9.06. The van der Waals surface area contributed by atoms with Crippen molar-refractivity contribution in [3.63, 3.8) is 0 Å². The predicted octanol–water partition coefficient (Wildman–Crippen LogP) is 3.15. The third kappa shape index (κ3) is 2.78. The van der Waals surface area contributed by atoms with Crippen LogP contribution in [0.1, 0.15) is 35.9 Å². The largest absolute Gasteiger partial charge is 0.371 e. The summed E-state index contributed by atoms with van der Waals surface area (Å²) in [6.45, 7) is 3.76. The molecular weight excluding hydrogens is 330 g/mol. The molecule has 1 aromatic carbocycles. The maximum absolute atomic E-state index is 6.13. The van der Waals surface area contributed by atoms with E-state index in [2.05, 4.69) is 57.5 Å². The highest BCUT2D eigenvalue weighted by molar-refractivity contribution is 9.10. The van der Waals surface area contributed by atoms with Crippen molar-refractivity contribution in [3.8, 4) is 0 Å². The summed E-state index contributed by atoms with van der Waals surface area (Å²) in [5.74, 6) is 0.